The second-order valence-electron chi connectivity index (χ2n) is 5.70. The van der Waals surface area contributed by atoms with Crippen LogP contribution >= 0.6 is 15.9 Å². The molecule has 0 radical (unpaired) electrons. The van der Waals surface area contributed by atoms with Gasteiger partial charge in [0, 0.05) is 36.0 Å². The van der Waals surface area contributed by atoms with Crippen molar-refractivity contribution in [2.45, 2.75) is 36.6 Å². The molecule has 2 rings (SSSR count). The van der Waals surface area contributed by atoms with Crippen LogP contribution in [0.5, 0.6) is 0 Å². The Balaban J connectivity index is 2.29. The van der Waals surface area contributed by atoms with E-state index in [1.54, 1.807) is 16.6 Å². The van der Waals surface area contributed by atoms with E-state index >= 15 is 0 Å². The molecule has 1 aromatic heterocycles. The Labute approximate surface area is 135 Å². The molecule has 1 aliphatic carbocycles. The first-order valence-electron chi connectivity index (χ1n) is 7.18. The van der Waals surface area contributed by atoms with Gasteiger partial charge < -0.3 is 4.90 Å². The molecule has 0 atom stereocenters. The van der Waals surface area contributed by atoms with Crippen molar-refractivity contribution in [1.82, 2.24) is 14.2 Å². The van der Waals surface area contributed by atoms with E-state index in [1.165, 1.54) is 6.20 Å². The van der Waals surface area contributed by atoms with Gasteiger partial charge in [0.1, 0.15) is 4.90 Å². The summed E-state index contributed by atoms with van der Waals surface area (Å²) < 4.78 is 28.2. The van der Waals surface area contributed by atoms with Crippen LogP contribution in [-0.2, 0) is 10.0 Å². The number of hydrogen-bond acceptors (Lipinski definition) is 4. The predicted octanol–water partition coefficient (Wildman–Crippen LogP) is 2.34. The predicted molar refractivity (Wildman–Crippen MR) is 86.6 cm³/mol. The first kappa shape index (κ1) is 16.9. The van der Waals surface area contributed by atoms with Crippen molar-refractivity contribution in [3.8, 4) is 0 Å². The molecule has 0 amide bonds. The van der Waals surface area contributed by atoms with E-state index in [-0.39, 0.29) is 10.9 Å². The number of nitrogens with zero attached hydrogens (tertiary/aromatic N) is 3. The summed E-state index contributed by atoms with van der Waals surface area (Å²) in [4.78, 5) is 6.27. The highest BCUT2D eigenvalue weighted by molar-refractivity contribution is 9.10. The number of halogens is 1. The molecule has 0 saturated heterocycles. The Kier molecular flexibility index (Phi) is 5.76. The molecule has 1 aliphatic rings. The second-order valence-corrected chi connectivity index (χ2v) is 8.50. The summed E-state index contributed by atoms with van der Waals surface area (Å²) >= 11 is 3.30. The largest absolute Gasteiger partial charge is 0.308 e. The lowest BCUT2D eigenvalue weighted by atomic mass is 10.2. The molecule has 1 saturated carbocycles. The zero-order valence-electron chi connectivity index (χ0n) is 12.5. The van der Waals surface area contributed by atoms with Crippen LogP contribution in [0.2, 0.25) is 0 Å². The summed E-state index contributed by atoms with van der Waals surface area (Å²) in [6.07, 6.45) is 7.14. The van der Waals surface area contributed by atoms with E-state index in [9.17, 15) is 8.42 Å². The summed E-state index contributed by atoms with van der Waals surface area (Å²) in [5, 5.41) is 0. The maximum absolute atomic E-state index is 12.9. The van der Waals surface area contributed by atoms with Crippen molar-refractivity contribution in [2.75, 3.05) is 27.2 Å². The van der Waals surface area contributed by atoms with Gasteiger partial charge in [0.15, 0.2) is 0 Å². The Morgan fingerprint density at radius 2 is 1.90 bits per heavy atom. The van der Waals surface area contributed by atoms with Crippen LogP contribution in [0.4, 0.5) is 0 Å². The van der Waals surface area contributed by atoms with Gasteiger partial charge in [0.2, 0.25) is 10.0 Å². The van der Waals surface area contributed by atoms with Crippen LogP contribution in [0.25, 0.3) is 0 Å². The summed E-state index contributed by atoms with van der Waals surface area (Å²) in [5.41, 5.74) is 0. The molecule has 5 nitrogen and oxygen atoms in total. The van der Waals surface area contributed by atoms with Crippen molar-refractivity contribution in [3.63, 3.8) is 0 Å². The molecule has 0 aromatic carbocycles. The van der Waals surface area contributed by atoms with Gasteiger partial charge in [0.25, 0.3) is 0 Å². The van der Waals surface area contributed by atoms with Crippen molar-refractivity contribution in [1.29, 1.82) is 0 Å². The van der Waals surface area contributed by atoms with Crippen LogP contribution < -0.4 is 0 Å². The first-order valence-corrected chi connectivity index (χ1v) is 9.41. The van der Waals surface area contributed by atoms with Crippen LogP contribution in [0.3, 0.4) is 0 Å². The lowest BCUT2D eigenvalue weighted by Crippen LogP contribution is -2.42. The zero-order valence-corrected chi connectivity index (χ0v) is 14.9. The molecule has 0 unspecified atom stereocenters. The Bertz CT molecular complexity index is 571. The smallest absolute Gasteiger partial charge is 0.244 e. The molecular formula is C14H22BrN3O2S. The second kappa shape index (κ2) is 7.17. The third-order valence-corrected chi connectivity index (χ3v) is 6.14. The average molecular weight is 376 g/mol. The van der Waals surface area contributed by atoms with E-state index in [0.29, 0.717) is 11.0 Å². The fourth-order valence-electron chi connectivity index (χ4n) is 2.66. The van der Waals surface area contributed by atoms with Gasteiger partial charge in [-0.05, 0) is 48.9 Å². The fraction of sp³-hybridized carbons (Fsp3) is 0.643. The SMILES string of the molecule is CN(C)CCN(C1CCCC1)S(=O)(=O)c1cncc(Br)c1. The number of aromatic nitrogens is 1. The molecule has 0 bridgehead atoms. The van der Waals surface area contributed by atoms with E-state index in [0.717, 1.165) is 32.2 Å². The Morgan fingerprint density at radius 3 is 2.48 bits per heavy atom. The third kappa shape index (κ3) is 4.25. The van der Waals surface area contributed by atoms with Crippen molar-refractivity contribution in [3.05, 3.63) is 22.9 Å². The fourth-order valence-corrected chi connectivity index (χ4v) is 4.84. The standard InChI is InChI=1S/C14H22BrN3O2S/c1-17(2)7-8-18(13-5-3-4-6-13)21(19,20)14-9-12(15)10-16-11-14/h9-11,13H,3-8H2,1-2H3. The van der Waals surface area contributed by atoms with Gasteiger partial charge in [-0.2, -0.15) is 4.31 Å². The summed E-state index contributed by atoms with van der Waals surface area (Å²) in [5.74, 6) is 0. The van der Waals surface area contributed by atoms with E-state index in [1.807, 2.05) is 19.0 Å². The summed E-state index contributed by atoms with van der Waals surface area (Å²) in [6.45, 7) is 1.24. The third-order valence-electron chi connectivity index (χ3n) is 3.79. The Hall–Kier alpha value is -0.500. The maximum Gasteiger partial charge on any atom is 0.244 e. The topological polar surface area (TPSA) is 53.5 Å². The normalized spacial score (nSPS) is 17.0. The molecule has 7 heteroatoms. The number of hydrogen-bond donors (Lipinski definition) is 0. The van der Waals surface area contributed by atoms with Gasteiger partial charge in [-0.25, -0.2) is 8.42 Å². The van der Waals surface area contributed by atoms with E-state index in [2.05, 4.69) is 20.9 Å². The van der Waals surface area contributed by atoms with Gasteiger partial charge >= 0.3 is 0 Å². The molecule has 0 spiro atoms. The molecule has 1 aromatic rings. The van der Waals surface area contributed by atoms with Crippen molar-refractivity contribution in [2.24, 2.45) is 0 Å². The minimum absolute atomic E-state index is 0.119. The van der Waals surface area contributed by atoms with E-state index in [4.69, 9.17) is 0 Å². The molecule has 118 valence electrons. The Morgan fingerprint density at radius 1 is 1.24 bits per heavy atom. The number of rotatable bonds is 6. The van der Waals surface area contributed by atoms with Gasteiger partial charge in [0.05, 0.1) is 0 Å². The molecule has 0 aliphatic heterocycles. The molecule has 1 fully saturated rings. The van der Waals surface area contributed by atoms with Gasteiger partial charge in [-0.3, -0.25) is 4.98 Å². The molecule has 0 N–H and O–H groups in total. The molecule has 21 heavy (non-hydrogen) atoms. The van der Waals surface area contributed by atoms with Crippen molar-refractivity contribution < 1.29 is 8.42 Å². The first-order chi connectivity index (χ1) is 9.91. The van der Waals surface area contributed by atoms with Crippen LogP contribution in [0.1, 0.15) is 25.7 Å². The number of pyridine rings is 1. The lowest BCUT2D eigenvalue weighted by Gasteiger charge is -2.29. The number of likely N-dealkylation sites (N-methyl/N-ethyl adjacent to an activating group) is 1. The average Bonchev–Trinajstić information content (AvgIpc) is 2.92. The van der Waals surface area contributed by atoms with Gasteiger partial charge in [-0.1, -0.05) is 12.8 Å². The monoisotopic (exact) mass is 375 g/mol. The quantitative estimate of drug-likeness (QED) is 0.765. The minimum Gasteiger partial charge on any atom is -0.308 e. The van der Waals surface area contributed by atoms with Crippen LogP contribution in [0, 0.1) is 0 Å². The summed E-state index contributed by atoms with van der Waals surface area (Å²) in [6, 6.07) is 1.74. The number of sulfonamides is 1. The summed E-state index contributed by atoms with van der Waals surface area (Å²) in [7, 11) is 0.428. The zero-order chi connectivity index (χ0) is 15.5. The highest BCUT2D eigenvalue weighted by atomic mass is 79.9. The maximum atomic E-state index is 12.9. The molecular weight excluding hydrogens is 354 g/mol. The van der Waals surface area contributed by atoms with Crippen LogP contribution in [0.15, 0.2) is 27.8 Å². The van der Waals surface area contributed by atoms with Crippen LogP contribution in [-0.4, -0.2) is 55.8 Å². The minimum atomic E-state index is -3.49. The highest BCUT2D eigenvalue weighted by Gasteiger charge is 2.33. The highest BCUT2D eigenvalue weighted by Crippen LogP contribution is 2.29. The van der Waals surface area contributed by atoms with E-state index < -0.39 is 10.0 Å². The lowest BCUT2D eigenvalue weighted by molar-refractivity contribution is 0.282. The molecule has 1 heterocycles. The van der Waals surface area contributed by atoms with Crippen molar-refractivity contribution >= 4 is 26.0 Å². The van der Waals surface area contributed by atoms with Gasteiger partial charge in [-0.15, -0.1) is 0 Å².